The molecule has 0 aliphatic carbocycles. The molecule has 112 valence electrons. The highest BCUT2D eigenvalue weighted by atomic mass is 35.5. The van der Waals surface area contributed by atoms with Crippen molar-refractivity contribution in [2.24, 2.45) is 0 Å². The van der Waals surface area contributed by atoms with Crippen LogP contribution < -0.4 is 5.32 Å². The summed E-state index contributed by atoms with van der Waals surface area (Å²) in [6.45, 7) is 3.36. The van der Waals surface area contributed by atoms with Crippen molar-refractivity contribution in [2.45, 2.75) is 20.0 Å². The summed E-state index contributed by atoms with van der Waals surface area (Å²) in [7, 11) is 0. The fourth-order valence-electron chi connectivity index (χ4n) is 2.29. The summed E-state index contributed by atoms with van der Waals surface area (Å²) in [6, 6.07) is 17.6. The molecule has 0 fully saturated rings. The number of aromatic nitrogens is 1. The molecule has 0 spiro atoms. The predicted molar refractivity (Wildman–Crippen MR) is 88.7 cm³/mol. The number of rotatable bonds is 5. The molecule has 0 atom stereocenters. The second kappa shape index (κ2) is 6.77. The summed E-state index contributed by atoms with van der Waals surface area (Å²) < 4.78 is 5.84. The number of nitrogens with one attached hydrogen (secondary N) is 1. The number of aryl methyl sites for hydroxylation is 1. The van der Waals surface area contributed by atoms with E-state index in [1.165, 1.54) is 0 Å². The maximum Gasteiger partial charge on any atom is 0.135 e. The van der Waals surface area contributed by atoms with Gasteiger partial charge in [0.05, 0.1) is 17.3 Å². The Morgan fingerprint density at radius 1 is 1.00 bits per heavy atom. The van der Waals surface area contributed by atoms with Crippen LogP contribution in [0, 0.1) is 6.92 Å². The molecule has 4 heteroatoms. The van der Waals surface area contributed by atoms with Gasteiger partial charge in [-0.05, 0) is 43.3 Å². The predicted octanol–water partition coefficient (Wildman–Crippen LogP) is 4.59. The number of nitrogens with zero attached hydrogens (tertiary/aromatic N) is 1. The lowest BCUT2D eigenvalue weighted by Gasteiger charge is -2.03. The summed E-state index contributed by atoms with van der Waals surface area (Å²) in [5.74, 6) is 1.67. The fourth-order valence-corrected chi connectivity index (χ4v) is 2.52. The van der Waals surface area contributed by atoms with E-state index < -0.39 is 0 Å². The average molecular weight is 313 g/mol. The smallest absolute Gasteiger partial charge is 0.135 e. The van der Waals surface area contributed by atoms with Crippen LogP contribution in [-0.2, 0) is 13.1 Å². The Bertz CT molecular complexity index is 767. The minimum Gasteiger partial charge on any atom is -0.460 e. The van der Waals surface area contributed by atoms with Crippen LogP contribution in [0.3, 0.4) is 0 Å². The van der Waals surface area contributed by atoms with E-state index in [0.29, 0.717) is 18.1 Å². The van der Waals surface area contributed by atoms with Gasteiger partial charge >= 0.3 is 0 Å². The average Bonchev–Trinajstić information content (AvgIpc) is 2.96. The summed E-state index contributed by atoms with van der Waals surface area (Å²) in [5.41, 5.74) is 2.96. The molecule has 3 aromatic rings. The van der Waals surface area contributed by atoms with E-state index in [0.717, 1.165) is 28.5 Å². The van der Waals surface area contributed by atoms with Gasteiger partial charge in [0, 0.05) is 17.8 Å². The van der Waals surface area contributed by atoms with Gasteiger partial charge in [-0.1, -0.05) is 29.8 Å². The third-order valence-corrected chi connectivity index (χ3v) is 3.68. The number of pyridine rings is 1. The van der Waals surface area contributed by atoms with Crippen molar-refractivity contribution in [3.63, 3.8) is 0 Å². The van der Waals surface area contributed by atoms with Crippen LogP contribution in [0.5, 0.6) is 0 Å². The zero-order valence-electron chi connectivity index (χ0n) is 12.3. The normalized spacial score (nSPS) is 10.8. The molecule has 3 rings (SSSR count). The number of furan rings is 1. The van der Waals surface area contributed by atoms with Crippen molar-refractivity contribution < 1.29 is 4.42 Å². The molecule has 0 bridgehead atoms. The molecule has 3 nitrogen and oxygen atoms in total. The molecule has 1 aromatic carbocycles. The van der Waals surface area contributed by atoms with Crippen molar-refractivity contribution in [3.8, 4) is 11.3 Å². The monoisotopic (exact) mass is 312 g/mol. The van der Waals surface area contributed by atoms with Gasteiger partial charge in [0.2, 0.25) is 0 Å². The number of hydrogen-bond acceptors (Lipinski definition) is 3. The van der Waals surface area contributed by atoms with Gasteiger partial charge in [0.1, 0.15) is 11.5 Å². The second-order valence-corrected chi connectivity index (χ2v) is 5.53. The third kappa shape index (κ3) is 3.56. The highest BCUT2D eigenvalue weighted by Gasteiger charge is 2.07. The van der Waals surface area contributed by atoms with Crippen molar-refractivity contribution in [1.29, 1.82) is 0 Å². The number of hydrogen-bond donors (Lipinski definition) is 1. The maximum absolute atomic E-state index is 6.18. The lowest BCUT2D eigenvalue weighted by molar-refractivity contribution is 0.492. The van der Waals surface area contributed by atoms with E-state index in [2.05, 4.69) is 10.3 Å². The van der Waals surface area contributed by atoms with E-state index in [4.69, 9.17) is 16.0 Å². The molecule has 22 heavy (non-hydrogen) atoms. The Hall–Kier alpha value is -2.10. The summed E-state index contributed by atoms with van der Waals surface area (Å²) in [5, 5.41) is 4.03. The zero-order valence-corrected chi connectivity index (χ0v) is 13.1. The van der Waals surface area contributed by atoms with Crippen LogP contribution in [0.2, 0.25) is 5.02 Å². The Morgan fingerprint density at radius 2 is 1.86 bits per heavy atom. The Balaban J connectivity index is 1.62. The standard InChI is InChI=1S/C18H17ClN2O/c1-13-5-4-6-14(21-13)11-20-12-15-9-10-18(22-15)16-7-2-3-8-17(16)19/h2-10,20H,11-12H2,1H3. The third-order valence-electron chi connectivity index (χ3n) is 3.35. The van der Waals surface area contributed by atoms with Gasteiger partial charge in [-0.2, -0.15) is 0 Å². The Kier molecular flexibility index (Phi) is 4.56. The topological polar surface area (TPSA) is 38.1 Å². The molecule has 0 aliphatic rings. The lowest BCUT2D eigenvalue weighted by Crippen LogP contribution is -2.13. The first-order valence-corrected chi connectivity index (χ1v) is 7.57. The van der Waals surface area contributed by atoms with Gasteiger partial charge in [0.15, 0.2) is 0 Å². The molecule has 1 N–H and O–H groups in total. The van der Waals surface area contributed by atoms with Crippen LogP contribution in [0.25, 0.3) is 11.3 Å². The molecular formula is C18H17ClN2O. The van der Waals surface area contributed by atoms with E-state index in [9.17, 15) is 0 Å². The van der Waals surface area contributed by atoms with Gasteiger partial charge in [0.25, 0.3) is 0 Å². The molecule has 0 aliphatic heterocycles. The molecule has 2 aromatic heterocycles. The highest BCUT2D eigenvalue weighted by Crippen LogP contribution is 2.28. The molecule has 0 saturated carbocycles. The van der Waals surface area contributed by atoms with Gasteiger partial charge in [-0.3, -0.25) is 4.98 Å². The quantitative estimate of drug-likeness (QED) is 0.748. The van der Waals surface area contributed by atoms with Crippen LogP contribution in [0.4, 0.5) is 0 Å². The van der Waals surface area contributed by atoms with Crippen LogP contribution in [0.15, 0.2) is 59.0 Å². The van der Waals surface area contributed by atoms with E-state index in [1.807, 2.05) is 61.5 Å². The minimum atomic E-state index is 0.653. The summed E-state index contributed by atoms with van der Waals surface area (Å²) in [4.78, 5) is 4.46. The van der Waals surface area contributed by atoms with E-state index in [1.54, 1.807) is 0 Å². The van der Waals surface area contributed by atoms with Crippen molar-refractivity contribution >= 4 is 11.6 Å². The van der Waals surface area contributed by atoms with Crippen LogP contribution in [0.1, 0.15) is 17.1 Å². The maximum atomic E-state index is 6.18. The first kappa shape index (κ1) is 14.8. The molecule has 0 radical (unpaired) electrons. The second-order valence-electron chi connectivity index (χ2n) is 5.12. The largest absolute Gasteiger partial charge is 0.460 e. The molecule has 0 amide bonds. The molecular weight excluding hydrogens is 296 g/mol. The summed E-state index contributed by atoms with van der Waals surface area (Å²) in [6.07, 6.45) is 0. The minimum absolute atomic E-state index is 0.653. The molecule has 0 unspecified atom stereocenters. The summed E-state index contributed by atoms with van der Waals surface area (Å²) >= 11 is 6.18. The van der Waals surface area contributed by atoms with Crippen molar-refractivity contribution in [1.82, 2.24) is 10.3 Å². The van der Waals surface area contributed by atoms with E-state index >= 15 is 0 Å². The lowest BCUT2D eigenvalue weighted by atomic mass is 10.2. The van der Waals surface area contributed by atoms with Crippen molar-refractivity contribution in [2.75, 3.05) is 0 Å². The Labute approximate surface area is 135 Å². The zero-order chi connectivity index (χ0) is 15.4. The van der Waals surface area contributed by atoms with Crippen LogP contribution in [-0.4, -0.2) is 4.98 Å². The first-order valence-electron chi connectivity index (χ1n) is 7.19. The molecule has 0 saturated heterocycles. The van der Waals surface area contributed by atoms with Crippen LogP contribution >= 0.6 is 11.6 Å². The highest BCUT2D eigenvalue weighted by molar-refractivity contribution is 6.33. The number of halogens is 1. The van der Waals surface area contributed by atoms with Gasteiger partial charge in [-0.25, -0.2) is 0 Å². The Morgan fingerprint density at radius 3 is 2.68 bits per heavy atom. The fraction of sp³-hybridized carbons (Fsp3) is 0.167. The molecule has 2 heterocycles. The van der Waals surface area contributed by atoms with Gasteiger partial charge < -0.3 is 9.73 Å². The van der Waals surface area contributed by atoms with Gasteiger partial charge in [-0.15, -0.1) is 0 Å². The SMILES string of the molecule is Cc1cccc(CNCc2ccc(-c3ccccc3Cl)o2)n1. The number of benzene rings is 1. The first-order chi connectivity index (χ1) is 10.7. The van der Waals surface area contributed by atoms with Crippen molar-refractivity contribution in [3.05, 3.63) is 76.8 Å². The van der Waals surface area contributed by atoms with E-state index in [-0.39, 0.29) is 0 Å².